The molecule has 4 rings (SSSR count). The van der Waals surface area contributed by atoms with Gasteiger partial charge in [0, 0.05) is 0 Å². The number of piperazine rings is 1. The third-order valence-corrected chi connectivity index (χ3v) is 5.52. The van der Waals surface area contributed by atoms with Crippen molar-refractivity contribution in [3.8, 4) is 0 Å². The van der Waals surface area contributed by atoms with E-state index in [0.29, 0.717) is 0 Å². The molecule has 0 bridgehead atoms. The Bertz CT molecular complexity index is 595. The van der Waals surface area contributed by atoms with E-state index in [1.165, 1.54) is 43.3 Å². The van der Waals surface area contributed by atoms with E-state index in [0.717, 1.165) is 36.2 Å². The van der Waals surface area contributed by atoms with Gasteiger partial charge in [0.2, 0.25) is 0 Å². The fourth-order valence-electron chi connectivity index (χ4n) is 4.00. The molecule has 1 saturated carbocycles. The van der Waals surface area contributed by atoms with Crippen LogP contribution in [0.2, 0.25) is 0 Å². The first-order valence-corrected chi connectivity index (χ1v) is 8.19. The zero-order valence-electron chi connectivity index (χ0n) is 13.2. The van der Waals surface area contributed by atoms with Crippen LogP contribution in [0.3, 0.4) is 0 Å². The summed E-state index contributed by atoms with van der Waals surface area (Å²) in [6.45, 7) is 4.53. The molecule has 0 spiro atoms. The van der Waals surface area contributed by atoms with Crippen LogP contribution in [0.1, 0.15) is 25.7 Å². The summed E-state index contributed by atoms with van der Waals surface area (Å²) in [6, 6.07) is 9.71. The van der Waals surface area contributed by atoms with Crippen LogP contribution in [-0.4, -0.2) is 48.7 Å². The molecule has 22 heavy (non-hydrogen) atoms. The smallest absolute Gasteiger partial charge is 0.298 e. The highest BCUT2D eigenvalue weighted by molar-refractivity contribution is 5.74. The van der Waals surface area contributed by atoms with Gasteiger partial charge in [0.1, 0.15) is 5.52 Å². The molecule has 0 radical (unpaired) electrons. The minimum absolute atomic E-state index is 0. The van der Waals surface area contributed by atoms with Crippen LogP contribution >= 0.6 is 0 Å². The average molecular weight is 413 g/mol. The lowest BCUT2D eigenvalue weighted by Gasteiger charge is -2.45. The van der Waals surface area contributed by atoms with Gasteiger partial charge in [-0.05, 0) is 37.8 Å². The second kappa shape index (κ2) is 6.35. The molecule has 1 aromatic heterocycles. The summed E-state index contributed by atoms with van der Waals surface area (Å²) in [5, 5.41) is 0. The minimum atomic E-state index is 0. The summed E-state index contributed by atoms with van der Waals surface area (Å²) in [5.41, 5.74) is 1.86. The summed E-state index contributed by atoms with van der Waals surface area (Å²) in [5.74, 6) is 0. The molecule has 0 N–H and O–H groups in total. The van der Waals surface area contributed by atoms with E-state index in [1.54, 1.807) is 0 Å². The van der Waals surface area contributed by atoms with Crippen LogP contribution in [0, 0.1) is 0 Å². The molecule has 1 saturated heterocycles. The van der Waals surface area contributed by atoms with E-state index in [1.807, 2.05) is 24.3 Å². The number of anilines is 1. The third kappa shape index (κ3) is 2.85. The maximum absolute atomic E-state index is 5.91. The number of para-hydroxylation sites is 2. The minimum Gasteiger partial charge on any atom is -1.00 e. The molecular weight excluding hydrogens is 389 g/mol. The maximum Gasteiger partial charge on any atom is 0.298 e. The summed E-state index contributed by atoms with van der Waals surface area (Å²) >= 11 is 0. The molecule has 0 unspecified atom stereocenters. The second-order valence-corrected chi connectivity index (χ2v) is 6.82. The SMILES string of the molecule is C[N+]1(C2CCCC2)CCN(c2nc3ccccc3o2)CC1.[I-]. The van der Waals surface area contributed by atoms with Crippen molar-refractivity contribution in [3.63, 3.8) is 0 Å². The van der Waals surface area contributed by atoms with Gasteiger partial charge >= 0.3 is 0 Å². The first kappa shape index (κ1) is 16.1. The van der Waals surface area contributed by atoms with E-state index in [4.69, 9.17) is 4.42 Å². The molecule has 2 aliphatic rings. The first-order valence-electron chi connectivity index (χ1n) is 8.19. The first-order chi connectivity index (χ1) is 10.2. The lowest BCUT2D eigenvalue weighted by atomic mass is 10.1. The fourth-order valence-corrected chi connectivity index (χ4v) is 4.00. The Kier molecular flexibility index (Phi) is 4.64. The molecule has 0 atom stereocenters. The van der Waals surface area contributed by atoms with E-state index in [9.17, 15) is 0 Å². The van der Waals surface area contributed by atoms with Gasteiger partial charge in [-0.25, -0.2) is 0 Å². The van der Waals surface area contributed by atoms with Gasteiger partial charge in [-0.2, -0.15) is 4.98 Å². The Morgan fingerprint density at radius 3 is 2.50 bits per heavy atom. The topological polar surface area (TPSA) is 29.3 Å². The number of quaternary nitrogens is 1. The van der Waals surface area contributed by atoms with E-state index >= 15 is 0 Å². The number of aromatic nitrogens is 1. The number of fused-ring (bicyclic) bond motifs is 1. The van der Waals surface area contributed by atoms with Crippen molar-refractivity contribution in [2.75, 3.05) is 38.1 Å². The number of halogens is 1. The number of likely N-dealkylation sites (N-methyl/N-ethyl adjacent to an activating group) is 1. The normalized spacial score (nSPS) is 22.0. The van der Waals surface area contributed by atoms with Gasteiger partial charge in [0.05, 0.1) is 39.3 Å². The van der Waals surface area contributed by atoms with Crippen molar-refractivity contribution < 1.29 is 32.9 Å². The fraction of sp³-hybridized carbons (Fsp3) is 0.588. The number of hydrogen-bond acceptors (Lipinski definition) is 3. The summed E-state index contributed by atoms with van der Waals surface area (Å²) in [7, 11) is 2.44. The van der Waals surface area contributed by atoms with Crippen molar-refractivity contribution >= 4 is 17.1 Å². The lowest BCUT2D eigenvalue weighted by Crippen LogP contribution is -3.00. The zero-order chi connectivity index (χ0) is 14.3. The predicted molar refractivity (Wildman–Crippen MR) is 84.4 cm³/mol. The van der Waals surface area contributed by atoms with E-state index < -0.39 is 0 Å². The molecule has 120 valence electrons. The van der Waals surface area contributed by atoms with Gasteiger partial charge in [-0.1, -0.05) is 12.1 Å². The van der Waals surface area contributed by atoms with Gasteiger partial charge in [-0.3, -0.25) is 0 Å². The van der Waals surface area contributed by atoms with Crippen LogP contribution in [0.4, 0.5) is 6.01 Å². The lowest BCUT2D eigenvalue weighted by molar-refractivity contribution is -0.933. The number of rotatable bonds is 2. The van der Waals surface area contributed by atoms with Crippen molar-refractivity contribution in [2.45, 2.75) is 31.7 Å². The molecule has 2 aromatic rings. The largest absolute Gasteiger partial charge is 1.00 e. The second-order valence-electron chi connectivity index (χ2n) is 6.82. The van der Waals surface area contributed by atoms with Crippen LogP contribution in [0.5, 0.6) is 0 Å². The molecule has 2 fully saturated rings. The number of benzene rings is 1. The highest BCUT2D eigenvalue weighted by Crippen LogP contribution is 2.31. The summed E-state index contributed by atoms with van der Waals surface area (Å²) in [4.78, 5) is 6.95. The number of nitrogens with zero attached hydrogens (tertiary/aromatic N) is 3. The monoisotopic (exact) mass is 413 g/mol. The summed E-state index contributed by atoms with van der Waals surface area (Å²) in [6.07, 6.45) is 5.68. The number of oxazole rings is 1. The van der Waals surface area contributed by atoms with Crippen molar-refractivity contribution in [1.82, 2.24) is 4.98 Å². The van der Waals surface area contributed by atoms with Gasteiger partial charge < -0.3 is 37.8 Å². The van der Waals surface area contributed by atoms with Gasteiger partial charge in [0.15, 0.2) is 5.58 Å². The van der Waals surface area contributed by atoms with Crippen LogP contribution in [0.25, 0.3) is 11.1 Å². The highest BCUT2D eigenvalue weighted by Gasteiger charge is 2.38. The Morgan fingerprint density at radius 1 is 1.14 bits per heavy atom. The molecule has 4 nitrogen and oxygen atoms in total. The Labute approximate surface area is 149 Å². The Balaban J connectivity index is 0.00000144. The van der Waals surface area contributed by atoms with E-state index in [-0.39, 0.29) is 24.0 Å². The van der Waals surface area contributed by atoms with Gasteiger partial charge in [-0.15, -0.1) is 0 Å². The average Bonchev–Trinajstić information content (AvgIpc) is 3.17. The molecule has 5 heteroatoms. The molecule has 0 amide bonds. The standard InChI is InChI=1S/C17H24N3O.HI/c1-20(14-6-2-3-7-14)12-10-19(11-13-20)17-18-15-8-4-5-9-16(15)21-17;/h4-5,8-9,14H,2-3,6-7,10-13H2,1H3;1H/q+1;/p-1. The van der Waals surface area contributed by atoms with Gasteiger partial charge in [0.25, 0.3) is 6.01 Å². The maximum atomic E-state index is 5.91. The highest BCUT2D eigenvalue weighted by atomic mass is 127. The van der Waals surface area contributed by atoms with Crippen LogP contribution in [0.15, 0.2) is 28.7 Å². The van der Waals surface area contributed by atoms with Crippen LogP contribution < -0.4 is 28.9 Å². The molecule has 2 heterocycles. The predicted octanol–water partition coefficient (Wildman–Crippen LogP) is 0.0410. The number of hydrogen-bond donors (Lipinski definition) is 0. The van der Waals surface area contributed by atoms with E-state index in [2.05, 4.69) is 16.9 Å². The summed E-state index contributed by atoms with van der Waals surface area (Å²) < 4.78 is 7.16. The molecule has 1 aliphatic carbocycles. The zero-order valence-corrected chi connectivity index (χ0v) is 15.3. The van der Waals surface area contributed by atoms with Crippen LogP contribution in [-0.2, 0) is 0 Å². The molecule has 1 aliphatic heterocycles. The Morgan fingerprint density at radius 2 is 1.82 bits per heavy atom. The molecule has 1 aromatic carbocycles. The van der Waals surface area contributed by atoms with Crippen molar-refractivity contribution in [1.29, 1.82) is 0 Å². The van der Waals surface area contributed by atoms with Crippen molar-refractivity contribution in [3.05, 3.63) is 24.3 Å². The quantitative estimate of drug-likeness (QED) is 0.515. The third-order valence-electron chi connectivity index (χ3n) is 5.52. The van der Waals surface area contributed by atoms with Crippen molar-refractivity contribution in [2.24, 2.45) is 0 Å². The Hall–Kier alpha value is -0.820. The molecular formula is C17H24IN3O.